The lowest BCUT2D eigenvalue weighted by Crippen LogP contribution is -2.24. The van der Waals surface area contributed by atoms with Crippen LogP contribution in [0.25, 0.3) is 0 Å². The summed E-state index contributed by atoms with van der Waals surface area (Å²) in [7, 11) is -8.19. The van der Waals surface area contributed by atoms with Crippen LogP contribution in [0.3, 0.4) is 0 Å². The first-order valence-electron chi connectivity index (χ1n) is 7.25. The van der Waals surface area contributed by atoms with Crippen LogP contribution in [0.15, 0.2) is 12.1 Å². The Kier molecular flexibility index (Phi) is 1.77. The molecule has 7 rings (SSSR count). The third-order valence-electron chi connectivity index (χ3n) is 4.60. The Labute approximate surface area is 142 Å². The SMILES string of the molecule is O=C1c2ccc3c4c2C(=O)c2c(c5c6c(c21)OP(=O)(O6)O5)OP(=O)(O3)O4. The summed E-state index contributed by atoms with van der Waals surface area (Å²) in [6.45, 7) is 0. The van der Waals surface area contributed by atoms with Crippen LogP contribution in [0.1, 0.15) is 31.8 Å². The van der Waals surface area contributed by atoms with Gasteiger partial charge < -0.3 is 27.1 Å². The molecule has 6 bridgehead atoms. The van der Waals surface area contributed by atoms with Crippen molar-refractivity contribution >= 4 is 27.2 Å². The summed E-state index contributed by atoms with van der Waals surface area (Å²) in [6, 6.07) is 2.72. The van der Waals surface area contributed by atoms with Gasteiger partial charge in [0.15, 0.2) is 28.8 Å². The van der Waals surface area contributed by atoms with Crippen LogP contribution < -0.4 is 27.1 Å². The van der Waals surface area contributed by atoms with Gasteiger partial charge in [0.05, 0.1) is 16.7 Å². The van der Waals surface area contributed by atoms with Gasteiger partial charge in [0, 0.05) is 5.56 Å². The smallest absolute Gasteiger partial charge is 0.382 e. The summed E-state index contributed by atoms with van der Waals surface area (Å²) < 4.78 is 56.5. The maximum Gasteiger partial charge on any atom is 0.647 e. The summed E-state index contributed by atoms with van der Waals surface area (Å²) in [6.07, 6.45) is 0. The van der Waals surface area contributed by atoms with Crippen LogP contribution >= 0.6 is 15.6 Å². The van der Waals surface area contributed by atoms with Crippen molar-refractivity contribution in [2.24, 2.45) is 0 Å². The highest BCUT2D eigenvalue weighted by molar-refractivity contribution is 7.51. The van der Waals surface area contributed by atoms with E-state index >= 15 is 0 Å². The second-order valence-corrected chi connectivity index (χ2v) is 8.87. The lowest BCUT2D eigenvalue weighted by molar-refractivity contribution is 0.0972. The van der Waals surface area contributed by atoms with Gasteiger partial charge in [-0.15, -0.1) is 0 Å². The first-order valence-corrected chi connectivity index (χ1v) is 10.2. The molecule has 0 fully saturated rings. The second-order valence-electron chi connectivity index (χ2n) is 5.98. The van der Waals surface area contributed by atoms with Crippen LogP contribution in [0, 0.1) is 0 Å². The van der Waals surface area contributed by atoms with Gasteiger partial charge in [0.1, 0.15) is 0 Å². The second kappa shape index (κ2) is 3.47. The Hall–Kier alpha value is -2.96. The molecule has 2 aromatic carbocycles. The Balaban J connectivity index is 1.72. The minimum Gasteiger partial charge on any atom is -0.382 e. The number of carbonyl (C=O) groups is 2. The number of hydrogen-bond acceptors (Lipinski definition) is 10. The van der Waals surface area contributed by atoms with Crippen LogP contribution in [0.5, 0.6) is 34.5 Å². The number of phosphoric ester groups is 2. The zero-order valence-corrected chi connectivity index (χ0v) is 13.9. The Bertz CT molecular complexity index is 1290. The molecule has 1 aliphatic carbocycles. The normalized spacial score (nSPS) is 29.1. The summed E-state index contributed by atoms with van der Waals surface area (Å²) in [5, 5.41) is 0. The Morgan fingerprint density at radius 3 is 1.81 bits per heavy atom. The van der Waals surface area contributed by atoms with E-state index in [1.165, 1.54) is 12.1 Å². The molecule has 2 aromatic rings. The number of hydrogen-bond donors (Lipinski definition) is 0. The van der Waals surface area contributed by atoms with Gasteiger partial charge in [0.25, 0.3) is 0 Å². The largest absolute Gasteiger partial charge is 0.647 e. The molecule has 10 nitrogen and oxygen atoms in total. The van der Waals surface area contributed by atoms with E-state index in [9.17, 15) is 18.7 Å². The van der Waals surface area contributed by atoms with E-state index in [2.05, 4.69) is 0 Å². The van der Waals surface area contributed by atoms with Crippen molar-refractivity contribution in [3.05, 3.63) is 34.4 Å². The van der Waals surface area contributed by atoms with Crippen molar-refractivity contribution in [2.75, 3.05) is 0 Å². The average molecular weight is 392 g/mol. The number of phosphoric acid groups is 2. The zero-order chi connectivity index (χ0) is 17.6. The molecule has 0 aromatic heterocycles. The van der Waals surface area contributed by atoms with Crippen molar-refractivity contribution in [3.63, 3.8) is 0 Å². The van der Waals surface area contributed by atoms with E-state index < -0.39 is 27.2 Å². The number of carbonyl (C=O) groups excluding carboxylic acids is 2. The lowest BCUT2D eigenvalue weighted by atomic mass is 9.82. The Morgan fingerprint density at radius 1 is 0.577 bits per heavy atom. The number of benzene rings is 2. The maximum atomic E-state index is 13.1. The molecule has 0 saturated carbocycles. The van der Waals surface area contributed by atoms with Crippen molar-refractivity contribution in [1.29, 1.82) is 0 Å². The fraction of sp³-hybridized carbons (Fsp3) is 0. The molecular formula is C14H2O10P2. The summed E-state index contributed by atoms with van der Waals surface area (Å²) in [5.41, 5.74) is -0.435. The summed E-state index contributed by atoms with van der Waals surface area (Å²) >= 11 is 0. The van der Waals surface area contributed by atoms with Gasteiger partial charge in [-0.1, -0.05) is 0 Å². The monoisotopic (exact) mass is 392 g/mol. The van der Waals surface area contributed by atoms with E-state index in [-0.39, 0.29) is 56.8 Å². The molecule has 128 valence electrons. The topological polar surface area (TPSA) is 124 Å². The molecule has 0 amide bonds. The van der Waals surface area contributed by atoms with E-state index in [1.54, 1.807) is 0 Å². The third kappa shape index (κ3) is 1.20. The minimum atomic E-state index is -4.18. The number of rotatable bonds is 0. The summed E-state index contributed by atoms with van der Waals surface area (Å²) in [4.78, 5) is 26.2. The van der Waals surface area contributed by atoms with Gasteiger partial charge in [-0.3, -0.25) is 9.59 Å². The highest BCUT2D eigenvalue weighted by Crippen LogP contribution is 2.75. The molecule has 0 N–H and O–H groups in total. The molecule has 2 unspecified atom stereocenters. The molecule has 2 atom stereocenters. The predicted molar refractivity (Wildman–Crippen MR) is 78.7 cm³/mol. The van der Waals surface area contributed by atoms with E-state index in [1.807, 2.05) is 0 Å². The van der Waals surface area contributed by atoms with Crippen molar-refractivity contribution in [1.82, 2.24) is 0 Å². The fourth-order valence-electron chi connectivity index (χ4n) is 3.63. The van der Waals surface area contributed by atoms with Crippen molar-refractivity contribution < 1.29 is 45.9 Å². The molecule has 26 heavy (non-hydrogen) atoms. The maximum absolute atomic E-state index is 13.1. The molecule has 0 radical (unpaired) electrons. The number of ketones is 2. The van der Waals surface area contributed by atoms with Crippen LogP contribution in [-0.2, 0) is 9.13 Å². The van der Waals surface area contributed by atoms with Gasteiger partial charge in [-0.25, -0.2) is 0 Å². The average Bonchev–Trinajstić information content (AvgIpc) is 3.20. The van der Waals surface area contributed by atoms with Crippen molar-refractivity contribution in [2.45, 2.75) is 0 Å². The van der Waals surface area contributed by atoms with E-state index in [4.69, 9.17) is 27.1 Å². The van der Waals surface area contributed by atoms with Crippen LogP contribution in [0.2, 0.25) is 0 Å². The van der Waals surface area contributed by atoms with Crippen LogP contribution in [-0.4, -0.2) is 11.6 Å². The van der Waals surface area contributed by atoms with Gasteiger partial charge in [-0.2, -0.15) is 9.13 Å². The standard InChI is InChI=1S/C14H2O10P2/c15-8-3-1-2-4-10-5(3)9(16)7-6(8)11-13-14(24-26(18,22-11)23-13)12(7)21-25(17,19-4)20-10/h1-2H. The molecule has 0 saturated heterocycles. The Morgan fingerprint density at radius 2 is 1.12 bits per heavy atom. The number of fused-ring (bicyclic) bond motifs is 4. The van der Waals surface area contributed by atoms with E-state index in [0.717, 1.165) is 0 Å². The lowest BCUT2D eigenvalue weighted by Gasteiger charge is -2.26. The van der Waals surface area contributed by atoms with Crippen LogP contribution in [0.4, 0.5) is 0 Å². The fourth-order valence-corrected chi connectivity index (χ4v) is 6.21. The quantitative estimate of drug-likeness (QED) is 0.527. The van der Waals surface area contributed by atoms with Gasteiger partial charge in [-0.05, 0) is 12.1 Å². The highest BCUT2D eigenvalue weighted by Gasteiger charge is 2.59. The first kappa shape index (κ1) is 13.3. The highest BCUT2D eigenvalue weighted by atomic mass is 31.2. The molecule has 4 aliphatic heterocycles. The molecule has 4 heterocycles. The molecule has 5 aliphatic rings. The van der Waals surface area contributed by atoms with Gasteiger partial charge >= 0.3 is 15.6 Å². The van der Waals surface area contributed by atoms with Crippen molar-refractivity contribution in [3.8, 4) is 34.5 Å². The predicted octanol–water partition coefficient (Wildman–Crippen LogP) is 3.01. The summed E-state index contributed by atoms with van der Waals surface area (Å²) in [5.74, 6) is -2.17. The third-order valence-corrected chi connectivity index (χ3v) is 7.05. The molecular weight excluding hydrogens is 390 g/mol. The zero-order valence-electron chi connectivity index (χ0n) is 12.1. The molecule has 0 spiro atoms. The van der Waals surface area contributed by atoms with E-state index in [0.29, 0.717) is 0 Å². The minimum absolute atomic E-state index is 0.0212. The molecule has 12 heteroatoms. The van der Waals surface area contributed by atoms with Gasteiger partial charge in [0.2, 0.25) is 17.3 Å². The first-order chi connectivity index (χ1) is 12.4.